The molecular weight excluding hydrogens is 261 g/mol. The Bertz CT molecular complexity index is 649. The van der Waals surface area contributed by atoms with E-state index in [-0.39, 0.29) is 23.3 Å². The number of aromatic nitrogens is 2. The van der Waals surface area contributed by atoms with E-state index in [2.05, 4.69) is 9.97 Å². The van der Waals surface area contributed by atoms with Crippen molar-refractivity contribution in [3.63, 3.8) is 0 Å². The summed E-state index contributed by atoms with van der Waals surface area (Å²) in [6.07, 6.45) is -3.78. The van der Waals surface area contributed by atoms with Crippen LogP contribution in [0.4, 0.5) is 13.2 Å². The van der Waals surface area contributed by atoms with Crippen molar-refractivity contribution in [1.29, 1.82) is 0 Å². The lowest BCUT2D eigenvalue weighted by molar-refractivity contribution is -0.137. The van der Waals surface area contributed by atoms with Gasteiger partial charge in [-0.15, -0.1) is 0 Å². The summed E-state index contributed by atoms with van der Waals surface area (Å²) in [7, 11) is 0. The number of rotatable bonds is 3. The molecule has 4 nitrogen and oxygen atoms in total. The molecule has 0 saturated carbocycles. The monoisotopic (exact) mass is 272 g/mol. The highest BCUT2D eigenvalue weighted by atomic mass is 19.4. The Morgan fingerprint density at radius 2 is 2.05 bits per heavy atom. The Morgan fingerprint density at radius 1 is 1.32 bits per heavy atom. The summed E-state index contributed by atoms with van der Waals surface area (Å²) in [6.45, 7) is -0.0790. The molecule has 2 rings (SSSR count). The van der Waals surface area contributed by atoms with E-state index in [0.717, 1.165) is 18.2 Å². The van der Waals surface area contributed by atoms with Crippen molar-refractivity contribution in [3.05, 3.63) is 39.9 Å². The Morgan fingerprint density at radius 3 is 2.68 bits per heavy atom. The highest BCUT2D eigenvalue weighted by Gasteiger charge is 2.30. The number of nitrogens with zero attached hydrogens (tertiary/aromatic N) is 1. The summed E-state index contributed by atoms with van der Waals surface area (Å²) in [5.41, 5.74) is -1.32. The fourth-order valence-corrected chi connectivity index (χ4v) is 1.73. The molecule has 0 radical (unpaired) electrons. The first kappa shape index (κ1) is 13.5. The van der Waals surface area contributed by atoms with Crippen LogP contribution in [0.25, 0.3) is 10.9 Å². The maximum Gasteiger partial charge on any atom is 0.416 e. The third-order valence-corrected chi connectivity index (χ3v) is 2.65. The zero-order valence-corrected chi connectivity index (χ0v) is 9.79. The van der Waals surface area contributed by atoms with Crippen LogP contribution in [0.5, 0.6) is 0 Å². The fourth-order valence-electron chi connectivity index (χ4n) is 1.73. The van der Waals surface area contributed by atoms with Gasteiger partial charge in [-0.3, -0.25) is 4.79 Å². The number of H-pyrrole nitrogens is 1. The minimum Gasteiger partial charge on any atom is -0.396 e. The molecule has 0 aliphatic heterocycles. The molecule has 0 aliphatic rings. The van der Waals surface area contributed by atoms with Crippen LogP contribution in [0.15, 0.2) is 23.0 Å². The van der Waals surface area contributed by atoms with Crippen molar-refractivity contribution < 1.29 is 18.3 Å². The maximum absolute atomic E-state index is 12.6. The number of aryl methyl sites for hydroxylation is 1. The van der Waals surface area contributed by atoms with Crippen molar-refractivity contribution in [2.24, 2.45) is 0 Å². The smallest absolute Gasteiger partial charge is 0.396 e. The number of aromatic amines is 1. The molecule has 1 heterocycles. The third-order valence-electron chi connectivity index (χ3n) is 2.65. The van der Waals surface area contributed by atoms with E-state index in [9.17, 15) is 18.0 Å². The molecule has 1 aromatic carbocycles. The van der Waals surface area contributed by atoms with Crippen molar-refractivity contribution in [2.75, 3.05) is 6.61 Å². The first-order chi connectivity index (χ1) is 8.91. The van der Waals surface area contributed by atoms with Gasteiger partial charge >= 0.3 is 6.18 Å². The molecule has 0 amide bonds. The highest BCUT2D eigenvalue weighted by Crippen LogP contribution is 2.30. The molecule has 7 heteroatoms. The number of aliphatic hydroxyl groups is 1. The van der Waals surface area contributed by atoms with Crippen LogP contribution in [0.1, 0.15) is 17.8 Å². The van der Waals surface area contributed by atoms with Gasteiger partial charge in [0.25, 0.3) is 5.56 Å². The van der Waals surface area contributed by atoms with Gasteiger partial charge in [0.15, 0.2) is 0 Å². The van der Waals surface area contributed by atoms with Gasteiger partial charge in [-0.05, 0) is 24.6 Å². The number of fused-ring (bicyclic) bond motifs is 1. The molecule has 2 N–H and O–H groups in total. The quantitative estimate of drug-likeness (QED) is 0.896. The average Bonchev–Trinajstić information content (AvgIpc) is 2.34. The fraction of sp³-hybridized carbons (Fsp3) is 0.333. The molecule has 0 fully saturated rings. The van der Waals surface area contributed by atoms with Crippen molar-refractivity contribution in [1.82, 2.24) is 9.97 Å². The Labute approximate surface area is 105 Å². The minimum absolute atomic E-state index is 0.00603. The second-order valence-electron chi connectivity index (χ2n) is 4.07. The van der Waals surface area contributed by atoms with E-state index in [0.29, 0.717) is 12.8 Å². The number of alkyl halides is 3. The summed E-state index contributed by atoms with van der Waals surface area (Å²) >= 11 is 0. The Balaban J connectivity index is 2.54. The average molecular weight is 272 g/mol. The molecule has 0 unspecified atom stereocenters. The van der Waals surface area contributed by atoms with Gasteiger partial charge in [0.05, 0.1) is 16.5 Å². The second kappa shape index (κ2) is 5.00. The van der Waals surface area contributed by atoms with Gasteiger partial charge in [0.2, 0.25) is 0 Å². The van der Waals surface area contributed by atoms with Crippen molar-refractivity contribution >= 4 is 10.9 Å². The molecule has 0 saturated heterocycles. The summed E-state index contributed by atoms with van der Waals surface area (Å²) in [5, 5.41) is 8.80. The van der Waals surface area contributed by atoms with Crippen LogP contribution in [-0.4, -0.2) is 21.7 Å². The van der Waals surface area contributed by atoms with Gasteiger partial charge in [0, 0.05) is 13.0 Å². The summed E-state index contributed by atoms with van der Waals surface area (Å²) < 4.78 is 37.7. The normalized spacial score (nSPS) is 12.0. The van der Waals surface area contributed by atoms with Crippen LogP contribution in [0, 0.1) is 0 Å². The summed E-state index contributed by atoms with van der Waals surface area (Å²) in [4.78, 5) is 18.1. The summed E-state index contributed by atoms with van der Waals surface area (Å²) in [5.74, 6) is 0.269. The molecule has 0 aliphatic carbocycles. The predicted octanol–water partition coefficient (Wildman–Crippen LogP) is 1.87. The van der Waals surface area contributed by atoms with Crippen LogP contribution in [-0.2, 0) is 12.6 Å². The topological polar surface area (TPSA) is 66.0 Å². The molecule has 19 heavy (non-hydrogen) atoms. The molecule has 2 aromatic rings. The SMILES string of the molecule is O=c1[nH]c(CCCO)nc2cc(C(F)(F)F)ccc12. The maximum atomic E-state index is 12.6. The van der Waals surface area contributed by atoms with Gasteiger partial charge in [-0.25, -0.2) is 4.98 Å². The molecule has 0 spiro atoms. The number of halogens is 3. The van der Waals surface area contributed by atoms with Crippen LogP contribution in [0.2, 0.25) is 0 Å². The number of aliphatic hydroxyl groups excluding tert-OH is 1. The molecule has 102 valence electrons. The lowest BCUT2D eigenvalue weighted by Crippen LogP contribution is -2.13. The third kappa shape index (κ3) is 2.93. The van der Waals surface area contributed by atoms with E-state index < -0.39 is 17.3 Å². The Hall–Kier alpha value is -1.89. The first-order valence-electron chi connectivity index (χ1n) is 5.63. The highest BCUT2D eigenvalue weighted by molar-refractivity contribution is 5.78. The van der Waals surface area contributed by atoms with E-state index in [1.807, 2.05) is 0 Å². The first-order valence-corrected chi connectivity index (χ1v) is 5.63. The van der Waals surface area contributed by atoms with Gasteiger partial charge < -0.3 is 10.1 Å². The number of benzene rings is 1. The largest absolute Gasteiger partial charge is 0.416 e. The standard InChI is InChI=1S/C12H11F3N2O2/c13-12(14,15)7-3-4-8-9(6-7)16-10(2-1-5-18)17-11(8)19/h3-4,6,18H,1-2,5H2,(H,16,17,19). The van der Waals surface area contributed by atoms with Crippen LogP contribution in [0.3, 0.4) is 0 Å². The zero-order chi connectivity index (χ0) is 14.0. The molecule has 1 aromatic heterocycles. The molecule has 0 bridgehead atoms. The number of hydrogen-bond acceptors (Lipinski definition) is 3. The minimum atomic E-state index is -4.47. The predicted molar refractivity (Wildman–Crippen MR) is 62.8 cm³/mol. The lowest BCUT2D eigenvalue weighted by atomic mass is 10.1. The number of nitrogens with one attached hydrogen (secondary N) is 1. The molecule has 0 atom stereocenters. The zero-order valence-electron chi connectivity index (χ0n) is 9.79. The van der Waals surface area contributed by atoms with E-state index in [4.69, 9.17) is 5.11 Å². The van der Waals surface area contributed by atoms with Crippen LogP contribution < -0.4 is 5.56 Å². The van der Waals surface area contributed by atoms with Gasteiger partial charge in [0.1, 0.15) is 5.82 Å². The van der Waals surface area contributed by atoms with Gasteiger partial charge in [-0.1, -0.05) is 0 Å². The van der Waals surface area contributed by atoms with Crippen molar-refractivity contribution in [2.45, 2.75) is 19.0 Å². The van der Waals surface area contributed by atoms with Crippen LogP contribution >= 0.6 is 0 Å². The van der Waals surface area contributed by atoms with E-state index in [1.165, 1.54) is 0 Å². The second-order valence-corrected chi connectivity index (χ2v) is 4.07. The number of hydrogen-bond donors (Lipinski definition) is 2. The van der Waals surface area contributed by atoms with E-state index in [1.54, 1.807) is 0 Å². The van der Waals surface area contributed by atoms with Crippen molar-refractivity contribution in [3.8, 4) is 0 Å². The Kier molecular flexibility index (Phi) is 3.57. The van der Waals surface area contributed by atoms with Gasteiger partial charge in [-0.2, -0.15) is 13.2 Å². The summed E-state index contributed by atoms with van der Waals surface area (Å²) in [6, 6.07) is 2.82. The molecular formula is C12H11F3N2O2. The lowest BCUT2D eigenvalue weighted by Gasteiger charge is -2.08. The van der Waals surface area contributed by atoms with E-state index >= 15 is 0 Å².